The van der Waals surface area contributed by atoms with Crippen LogP contribution in [0.15, 0.2) is 17.5 Å². The Morgan fingerprint density at radius 1 is 1.34 bits per heavy atom. The number of aromatic amines is 1. The van der Waals surface area contributed by atoms with E-state index in [2.05, 4.69) is 30.5 Å². The number of benzene rings is 1. The molecule has 10 nitrogen and oxygen atoms in total. The second kappa shape index (κ2) is 8.31. The number of hydrogen-bond donors (Lipinski definition) is 4. The van der Waals surface area contributed by atoms with Gasteiger partial charge in [-0.05, 0) is 37.8 Å². The van der Waals surface area contributed by atoms with Gasteiger partial charge in [-0.2, -0.15) is 9.97 Å². The number of H-pyrrole nitrogens is 1. The van der Waals surface area contributed by atoms with Crippen LogP contribution in [0.3, 0.4) is 0 Å². The van der Waals surface area contributed by atoms with Crippen LogP contribution in [0.2, 0.25) is 0 Å². The van der Waals surface area contributed by atoms with Crippen LogP contribution < -0.4 is 21.3 Å². The fourth-order valence-corrected chi connectivity index (χ4v) is 5.96. The predicted molar refractivity (Wildman–Crippen MR) is 134 cm³/mol. The minimum absolute atomic E-state index is 0.194. The minimum Gasteiger partial charge on any atom is -0.461 e. The quantitative estimate of drug-likeness (QED) is 0.295. The summed E-state index contributed by atoms with van der Waals surface area (Å²) in [5.41, 5.74) is 8.52. The fraction of sp³-hybridized carbons (Fsp3) is 0.391. The summed E-state index contributed by atoms with van der Waals surface area (Å²) in [6.07, 6.45) is 1.91. The third-order valence-corrected chi connectivity index (χ3v) is 7.61. The third kappa shape index (κ3) is 3.64. The number of nitrogens with one attached hydrogen (secondary N) is 3. The van der Waals surface area contributed by atoms with Gasteiger partial charge in [0, 0.05) is 36.4 Å². The lowest BCUT2D eigenvalue weighted by Gasteiger charge is -2.31. The number of nitrogens with zero attached hydrogens (tertiary/aromatic N) is 4. The molecule has 3 unspecified atom stereocenters. The molecular weight excluding hydrogens is 471 g/mol. The van der Waals surface area contributed by atoms with Crippen LogP contribution >= 0.6 is 11.3 Å². The number of halogens is 1. The van der Waals surface area contributed by atoms with Gasteiger partial charge in [0.15, 0.2) is 10.8 Å². The number of ether oxygens (including phenoxy) is 1. The zero-order chi connectivity index (χ0) is 24.3. The fourth-order valence-electron chi connectivity index (χ4n) is 5.28. The van der Waals surface area contributed by atoms with Gasteiger partial charge in [0.2, 0.25) is 5.95 Å². The van der Waals surface area contributed by atoms with Crippen LogP contribution in [0.1, 0.15) is 30.3 Å². The molecule has 2 aliphatic rings. The van der Waals surface area contributed by atoms with E-state index in [1.54, 1.807) is 19.4 Å². The number of fused-ring (bicyclic) bond motifs is 5. The summed E-state index contributed by atoms with van der Waals surface area (Å²) in [5, 5.41) is 9.78. The van der Waals surface area contributed by atoms with Crippen molar-refractivity contribution >= 4 is 61.8 Å². The first-order valence-electron chi connectivity index (χ1n) is 11.6. The lowest BCUT2D eigenvalue weighted by molar-refractivity contribution is 0.0520. The Balaban J connectivity index is 1.47. The Morgan fingerprint density at radius 3 is 2.91 bits per heavy atom. The first-order chi connectivity index (χ1) is 16.9. The number of carbonyl (C=O) groups is 1. The van der Waals surface area contributed by atoms with Crippen LogP contribution in [0.5, 0.6) is 0 Å². The SMILES string of the molecule is CCOC(=O)c1csc(Nc2nc(N3CC4CC3CC4N)c3c(n2)[nH]c2c(NC)cc(F)cc23)n1. The van der Waals surface area contributed by atoms with E-state index < -0.39 is 5.97 Å². The lowest BCUT2D eigenvalue weighted by atomic mass is 10.0. The summed E-state index contributed by atoms with van der Waals surface area (Å²) < 4.78 is 19.5. The molecular formula is C23H25FN8O2S. The van der Waals surface area contributed by atoms with Crippen molar-refractivity contribution in [1.29, 1.82) is 0 Å². The number of hydrogen-bond acceptors (Lipinski definition) is 10. The van der Waals surface area contributed by atoms with E-state index in [0.29, 0.717) is 28.3 Å². The minimum atomic E-state index is -0.476. The molecule has 1 saturated heterocycles. The van der Waals surface area contributed by atoms with Crippen LogP contribution in [0.25, 0.3) is 21.9 Å². The van der Waals surface area contributed by atoms with Crippen molar-refractivity contribution in [3.05, 3.63) is 29.0 Å². The second-order valence-corrected chi connectivity index (χ2v) is 9.79. The van der Waals surface area contributed by atoms with E-state index in [1.807, 2.05) is 0 Å². The normalized spacial score (nSPS) is 21.3. The average molecular weight is 497 g/mol. The number of esters is 1. The van der Waals surface area contributed by atoms with E-state index in [-0.39, 0.29) is 30.2 Å². The second-order valence-electron chi connectivity index (χ2n) is 8.93. The molecule has 0 spiro atoms. The van der Waals surface area contributed by atoms with Gasteiger partial charge in [-0.1, -0.05) is 0 Å². The molecule has 6 rings (SSSR count). The first-order valence-corrected chi connectivity index (χ1v) is 12.5. The van der Waals surface area contributed by atoms with Crippen molar-refractivity contribution in [3.8, 4) is 0 Å². The smallest absolute Gasteiger partial charge is 0.357 e. The average Bonchev–Trinajstić information content (AvgIpc) is 3.61. The standard InChI is InChI=1S/C23H25FN8O2S/c1-3-34-21(33)16-9-35-23(27-16)31-22-29-19-17(13-5-11(24)6-15(26-2)18(13)28-19)20(30-22)32-8-10-4-12(32)7-14(10)25/h5-6,9-10,12,14,26H,3-4,7-8,25H2,1-2H3,(H2,27,28,29,30,31). The lowest BCUT2D eigenvalue weighted by Crippen LogP contribution is -2.41. The molecule has 0 radical (unpaired) electrons. The van der Waals surface area contributed by atoms with Crippen LogP contribution in [-0.4, -0.2) is 58.2 Å². The number of nitrogens with two attached hydrogens (primary N) is 1. The van der Waals surface area contributed by atoms with Gasteiger partial charge < -0.3 is 25.7 Å². The van der Waals surface area contributed by atoms with Gasteiger partial charge in [0.05, 0.1) is 23.2 Å². The molecule has 1 aliphatic heterocycles. The number of carbonyl (C=O) groups excluding carboxylic acids is 1. The largest absolute Gasteiger partial charge is 0.461 e. The maximum absolute atomic E-state index is 14.5. The Kier molecular flexibility index (Phi) is 5.22. The zero-order valence-corrected chi connectivity index (χ0v) is 20.1. The molecule has 4 aromatic rings. The molecule has 5 N–H and O–H groups in total. The number of piperidine rings is 1. The molecule has 0 amide bonds. The number of thiazole rings is 1. The molecule has 12 heteroatoms. The van der Waals surface area contributed by atoms with Gasteiger partial charge in [0.25, 0.3) is 0 Å². The first kappa shape index (κ1) is 22.0. The highest BCUT2D eigenvalue weighted by Gasteiger charge is 2.44. The number of anilines is 4. The number of aromatic nitrogens is 4. The molecule has 3 aromatic heterocycles. The molecule has 2 fully saturated rings. The predicted octanol–water partition coefficient (Wildman–Crippen LogP) is 3.59. The summed E-state index contributed by atoms with van der Waals surface area (Å²) >= 11 is 1.26. The molecule has 182 valence electrons. The van der Waals surface area contributed by atoms with Gasteiger partial charge in [-0.25, -0.2) is 14.2 Å². The Hall–Kier alpha value is -3.51. The van der Waals surface area contributed by atoms with Crippen molar-refractivity contribution in [2.24, 2.45) is 11.7 Å². The van der Waals surface area contributed by atoms with Gasteiger partial charge in [-0.3, -0.25) is 5.32 Å². The molecule has 3 atom stereocenters. The Labute approximate surface area is 204 Å². The van der Waals surface area contributed by atoms with Crippen molar-refractivity contribution in [2.45, 2.75) is 31.8 Å². The van der Waals surface area contributed by atoms with E-state index in [1.165, 1.54) is 23.5 Å². The summed E-state index contributed by atoms with van der Waals surface area (Å²) in [6.45, 7) is 2.82. The van der Waals surface area contributed by atoms with Crippen LogP contribution in [0.4, 0.5) is 27.0 Å². The molecule has 35 heavy (non-hydrogen) atoms. The van der Waals surface area contributed by atoms with Crippen molar-refractivity contribution < 1.29 is 13.9 Å². The monoisotopic (exact) mass is 496 g/mol. The Bertz CT molecular complexity index is 1450. The third-order valence-electron chi connectivity index (χ3n) is 6.85. The highest BCUT2D eigenvalue weighted by Crippen LogP contribution is 2.44. The summed E-state index contributed by atoms with van der Waals surface area (Å²) in [4.78, 5) is 31.5. The summed E-state index contributed by atoms with van der Waals surface area (Å²) in [7, 11) is 1.75. The maximum atomic E-state index is 14.5. The van der Waals surface area contributed by atoms with Crippen molar-refractivity contribution in [2.75, 3.05) is 35.7 Å². The Morgan fingerprint density at radius 2 is 2.20 bits per heavy atom. The highest BCUT2D eigenvalue weighted by molar-refractivity contribution is 7.14. The van der Waals surface area contributed by atoms with E-state index in [4.69, 9.17) is 15.5 Å². The van der Waals surface area contributed by atoms with Crippen LogP contribution in [-0.2, 0) is 4.74 Å². The topological polar surface area (TPSA) is 134 Å². The van der Waals surface area contributed by atoms with Crippen LogP contribution in [0, 0.1) is 11.7 Å². The molecule has 4 heterocycles. The van der Waals surface area contributed by atoms with E-state index >= 15 is 0 Å². The molecule has 1 saturated carbocycles. The van der Waals surface area contributed by atoms with Gasteiger partial charge in [0.1, 0.15) is 17.3 Å². The van der Waals surface area contributed by atoms with Crippen molar-refractivity contribution in [3.63, 3.8) is 0 Å². The number of rotatable bonds is 6. The van der Waals surface area contributed by atoms with Crippen molar-refractivity contribution in [1.82, 2.24) is 19.9 Å². The van der Waals surface area contributed by atoms with Gasteiger partial charge >= 0.3 is 5.97 Å². The zero-order valence-electron chi connectivity index (χ0n) is 19.3. The maximum Gasteiger partial charge on any atom is 0.357 e. The van der Waals surface area contributed by atoms with Gasteiger partial charge in [-0.15, -0.1) is 11.3 Å². The highest BCUT2D eigenvalue weighted by atomic mass is 32.1. The summed E-state index contributed by atoms with van der Waals surface area (Å²) in [5.74, 6) is 0.661. The summed E-state index contributed by atoms with van der Waals surface area (Å²) in [6, 6.07) is 3.44. The molecule has 1 aromatic carbocycles. The molecule has 1 aliphatic carbocycles. The van der Waals surface area contributed by atoms with E-state index in [0.717, 1.165) is 41.5 Å². The van der Waals surface area contributed by atoms with E-state index in [9.17, 15) is 9.18 Å². The molecule has 2 bridgehead atoms.